The predicted octanol–water partition coefficient (Wildman–Crippen LogP) is 2.59. The van der Waals surface area contributed by atoms with E-state index < -0.39 is 10.0 Å². The first kappa shape index (κ1) is 19.5. The smallest absolute Gasteiger partial charge is 0.246 e. The van der Waals surface area contributed by atoms with E-state index in [1.165, 1.54) is 46.3 Å². The largest absolute Gasteiger partial charge is 0.497 e. The Morgan fingerprint density at radius 3 is 2.31 bits per heavy atom. The topological polar surface area (TPSA) is 59.1 Å². The standard InChI is InChI=1S/C19H30N2O4S/c1-24-17-8-9-18(25-2)19(14-17)26(22,23)21-12-10-20(11-13-21)15-16-6-4-3-5-7-16/h8-9,14,16H,3-7,10-13,15H2,1-2H3. The van der Waals surface area contributed by atoms with E-state index in [0.717, 1.165) is 25.6 Å². The summed E-state index contributed by atoms with van der Waals surface area (Å²) in [5.74, 6) is 1.65. The third-order valence-corrected chi connectivity index (χ3v) is 7.48. The molecule has 0 amide bonds. The number of benzene rings is 1. The van der Waals surface area contributed by atoms with Crippen molar-refractivity contribution < 1.29 is 17.9 Å². The van der Waals surface area contributed by atoms with Crippen LogP contribution in [0.15, 0.2) is 23.1 Å². The summed E-state index contributed by atoms with van der Waals surface area (Å²) in [5, 5.41) is 0. The number of ether oxygens (including phenoxy) is 2. The first-order valence-electron chi connectivity index (χ1n) is 9.49. The number of sulfonamides is 1. The molecule has 1 aromatic carbocycles. The molecule has 1 aliphatic heterocycles. The third kappa shape index (κ3) is 4.32. The van der Waals surface area contributed by atoms with Gasteiger partial charge in [-0.25, -0.2) is 8.42 Å². The molecule has 0 aromatic heterocycles. The van der Waals surface area contributed by atoms with Crippen LogP contribution in [-0.2, 0) is 10.0 Å². The molecule has 0 bridgehead atoms. The Kier molecular flexibility index (Phi) is 6.42. The maximum absolute atomic E-state index is 13.1. The maximum atomic E-state index is 13.1. The van der Waals surface area contributed by atoms with Crippen molar-refractivity contribution in [2.24, 2.45) is 5.92 Å². The Morgan fingerprint density at radius 2 is 1.69 bits per heavy atom. The normalized spacial score (nSPS) is 20.8. The van der Waals surface area contributed by atoms with Crippen LogP contribution < -0.4 is 9.47 Å². The lowest BCUT2D eigenvalue weighted by atomic mass is 9.89. The summed E-state index contributed by atoms with van der Waals surface area (Å²) in [6.45, 7) is 3.74. The number of hydrogen-bond acceptors (Lipinski definition) is 5. The van der Waals surface area contributed by atoms with Gasteiger partial charge in [0.15, 0.2) is 0 Å². The Hall–Kier alpha value is -1.31. The van der Waals surface area contributed by atoms with Crippen molar-refractivity contribution in [1.82, 2.24) is 9.21 Å². The van der Waals surface area contributed by atoms with Crippen molar-refractivity contribution in [2.75, 3.05) is 46.9 Å². The molecule has 6 nitrogen and oxygen atoms in total. The van der Waals surface area contributed by atoms with Gasteiger partial charge in [-0.2, -0.15) is 4.31 Å². The summed E-state index contributed by atoms with van der Waals surface area (Å²) >= 11 is 0. The third-order valence-electron chi connectivity index (χ3n) is 5.56. The Labute approximate surface area is 157 Å². The monoisotopic (exact) mass is 382 g/mol. The molecule has 1 aromatic rings. The molecule has 3 rings (SSSR count). The lowest BCUT2D eigenvalue weighted by Crippen LogP contribution is -2.49. The fourth-order valence-corrected chi connectivity index (χ4v) is 5.60. The fourth-order valence-electron chi connectivity index (χ4n) is 4.01. The van der Waals surface area contributed by atoms with Crippen LogP contribution >= 0.6 is 0 Å². The van der Waals surface area contributed by atoms with Crippen molar-refractivity contribution in [1.29, 1.82) is 0 Å². The molecule has 0 radical (unpaired) electrons. The van der Waals surface area contributed by atoms with Gasteiger partial charge in [-0.3, -0.25) is 0 Å². The van der Waals surface area contributed by atoms with Crippen molar-refractivity contribution in [3.63, 3.8) is 0 Å². The summed E-state index contributed by atoms with van der Waals surface area (Å²) in [6, 6.07) is 4.90. The van der Waals surface area contributed by atoms with Gasteiger partial charge in [-0.15, -0.1) is 0 Å². The van der Waals surface area contributed by atoms with E-state index in [9.17, 15) is 8.42 Å². The van der Waals surface area contributed by atoms with E-state index in [1.807, 2.05) is 0 Å². The summed E-state index contributed by atoms with van der Waals surface area (Å²) in [7, 11) is -0.573. The molecule has 0 N–H and O–H groups in total. The molecule has 1 saturated carbocycles. The van der Waals surface area contributed by atoms with Crippen LogP contribution in [0.2, 0.25) is 0 Å². The van der Waals surface area contributed by atoms with Gasteiger partial charge in [0.1, 0.15) is 16.4 Å². The van der Waals surface area contributed by atoms with Crippen LogP contribution in [0.3, 0.4) is 0 Å². The Balaban J connectivity index is 1.66. The van der Waals surface area contributed by atoms with Gasteiger partial charge < -0.3 is 14.4 Å². The van der Waals surface area contributed by atoms with Gasteiger partial charge in [-0.1, -0.05) is 19.3 Å². The average Bonchev–Trinajstić information content (AvgIpc) is 2.68. The average molecular weight is 383 g/mol. The van der Waals surface area contributed by atoms with Crippen LogP contribution in [-0.4, -0.2) is 64.6 Å². The van der Waals surface area contributed by atoms with Crippen LogP contribution in [0.4, 0.5) is 0 Å². The zero-order chi connectivity index (χ0) is 18.6. The summed E-state index contributed by atoms with van der Waals surface area (Å²) in [4.78, 5) is 2.60. The van der Waals surface area contributed by atoms with E-state index in [4.69, 9.17) is 9.47 Å². The second-order valence-electron chi connectivity index (χ2n) is 7.23. The SMILES string of the molecule is COc1ccc(OC)c(S(=O)(=O)N2CCN(CC3CCCCC3)CC2)c1. The van der Waals surface area contributed by atoms with Crippen molar-refractivity contribution in [3.8, 4) is 11.5 Å². The molecule has 1 heterocycles. The summed E-state index contributed by atoms with van der Waals surface area (Å²) < 4.78 is 38.2. The van der Waals surface area contributed by atoms with Crippen molar-refractivity contribution >= 4 is 10.0 Å². The predicted molar refractivity (Wildman–Crippen MR) is 101 cm³/mol. The van der Waals surface area contributed by atoms with E-state index >= 15 is 0 Å². The Morgan fingerprint density at radius 1 is 1.00 bits per heavy atom. The number of nitrogens with zero attached hydrogens (tertiary/aromatic N) is 2. The molecule has 2 fully saturated rings. The van der Waals surface area contributed by atoms with Crippen LogP contribution in [0, 0.1) is 5.92 Å². The lowest BCUT2D eigenvalue weighted by molar-refractivity contribution is 0.149. The summed E-state index contributed by atoms with van der Waals surface area (Å²) in [6.07, 6.45) is 6.69. The lowest BCUT2D eigenvalue weighted by Gasteiger charge is -2.36. The van der Waals surface area contributed by atoms with Crippen LogP contribution in [0.1, 0.15) is 32.1 Å². The number of piperazine rings is 1. The van der Waals surface area contributed by atoms with Gasteiger partial charge in [0.25, 0.3) is 0 Å². The molecule has 7 heteroatoms. The minimum atomic E-state index is -3.59. The van der Waals surface area contributed by atoms with E-state index in [-0.39, 0.29) is 4.90 Å². The number of rotatable bonds is 6. The molecule has 0 spiro atoms. The number of methoxy groups -OCH3 is 2. The maximum Gasteiger partial charge on any atom is 0.246 e. The highest BCUT2D eigenvalue weighted by atomic mass is 32.2. The first-order valence-corrected chi connectivity index (χ1v) is 10.9. The van der Waals surface area contributed by atoms with Gasteiger partial charge in [0.05, 0.1) is 14.2 Å². The minimum absolute atomic E-state index is 0.181. The number of hydrogen-bond donors (Lipinski definition) is 0. The van der Waals surface area contributed by atoms with E-state index in [0.29, 0.717) is 24.6 Å². The molecule has 1 saturated heterocycles. The molecule has 2 aliphatic rings. The van der Waals surface area contributed by atoms with E-state index in [2.05, 4.69) is 4.90 Å². The van der Waals surface area contributed by atoms with Crippen LogP contribution in [0.5, 0.6) is 11.5 Å². The fraction of sp³-hybridized carbons (Fsp3) is 0.684. The van der Waals surface area contributed by atoms with Gasteiger partial charge in [0.2, 0.25) is 10.0 Å². The molecule has 0 atom stereocenters. The van der Waals surface area contributed by atoms with Crippen molar-refractivity contribution in [3.05, 3.63) is 18.2 Å². The second-order valence-corrected chi connectivity index (χ2v) is 9.13. The molecular weight excluding hydrogens is 352 g/mol. The highest BCUT2D eigenvalue weighted by Crippen LogP contribution is 2.31. The molecular formula is C19H30N2O4S. The highest BCUT2D eigenvalue weighted by molar-refractivity contribution is 7.89. The minimum Gasteiger partial charge on any atom is -0.497 e. The van der Waals surface area contributed by atoms with Gasteiger partial charge in [-0.05, 0) is 30.9 Å². The summed E-state index contributed by atoms with van der Waals surface area (Å²) in [5.41, 5.74) is 0. The molecule has 26 heavy (non-hydrogen) atoms. The quantitative estimate of drug-likeness (QED) is 0.757. The van der Waals surface area contributed by atoms with E-state index in [1.54, 1.807) is 22.5 Å². The van der Waals surface area contributed by atoms with Crippen LogP contribution in [0.25, 0.3) is 0 Å². The zero-order valence-electron chi connectivity index (χ0n) is 15.8. The second kappa shape index (κ2) is 8.59. The first-order chi connectivity index (χ1) is 12.5. The van der Waals surface area contributed by atoms with Gasteiger partial charge in [0, 0.05) is 38.8 Å². The highest BCUT2D eigenvalue weighted by Gasteiger charge is 2.32. The Bertz CT molecular complexity index is 693. The molecule has 146 valence electrons. The molecule has 0 unspecified atom stereocenters. The molecule has 1 aliphatic carbocycles. The zero-order valence-corrected chi connectivity index (χ0v) is 16.6. The van der Waals surface area contributed by atoms with Crippen molar-refractivity contribution in [2.45, 2.75) is 37.0 Å². The van der Waals surface area contributed by atoms with Gasteiger partial charge >= 0.3 is 0 Å².